The average Bonchev–Trinajstić information content (AvgIpc) is 2.96. The van der Waals surface area contributed by atoms with E-state index in [9.17, 15) is 4.79 Å². The van der Waals surface area contributed by atoms with E-state index in [0.717, 1.165) is 17.0 Å². The second-order valence-corrected chi connectivity index (χ2v) is 6.22. The van der Waals surface area contributed by atoms with Gasteiger partial charge in [0.15, 0.2) is 0 Å². The molecule has 0 radical (unpaired) electrons. The number of amides is 1. The van der Waals surface area contributed by atoms with Crippen LogP contribution < -0.4 is 0 Å². The van der Waals surface area contributed by atoms with Gasteiger partial charge in [0, 0.05) is 18.7 Å². The van der Waals surface area contributed by atoms with Crippen molar-refractivity contribution in [3.8, 4) is 10.6 Å². The SMILES string of the molecule is CCc1ccc(-c2nc(C)c(C(=O)N(CCO)CCO)s2)cc1. The molecule has 0 unspecified atom stereocenters. The minimum atomic E-state index is -0.195. The number of rotatable bonds is 7. The lowest BCUT2D eigenvalue weighted by atomic mass is 10.1. The Morgan fingerprint density at radius 1 is 1.17 bits per heavy atom. The van der Waals surface area contributed by atoms with Gasteiger partial charge in [0.05, 0.1) is 18.9 Å². The van der Waals surface area contributed by atoms with Crippen molar-refractivity contribution in [1.29, 1.82) is 0 Å². The summed E-state index contributed by atoms with van der Waals surface area (Å²) in [4.78, 5) is 19.1. The van der Waals surface area contributed by atoms with Crippen molar-refractivity contribution >= 4 is 17.2 Å². The normalized spacial score (nSPS) is 10.8. The quantitative estimate of drug-likeness (QED) is 0.813. The van der Waals surface area contributed by atoms with Crippen LogP contribution >= 0.6 is 11.3 Å². The van der Waals surface area contributed by atoms with Crippen LogP contribution in [-0.4, -0.2) is 52.3 Å². The van der Waals surface area contributed by atoms with Gasteiger partial charge < -0.3 is 15.1 Å². The first-order valence-electron chi connectivity index (χ1n) is 7.68. The summed E-state index contributed by atoms with van der Waals surface area (Å²) >= 11 is 1.35. The number of aliphatic hydroxyl groups is 2. The Labute approximate surface area is 140 Å². The first-order valence-corrected chi connectivity index (χ1v) is 8.50. The molecule has 0 aliphatic heterocycles. The van der Waals surface area contributed by atoms with Crippen molar-refractivity contribution in [3.63, 3.8) is 0 Å². The summed E-state index contributed by atoms with van der Waals surface area (Å²) in [6.07, 6.45) is 0.984. The summed E-state index contributed by atoms with van der Waals surface area (Å²) in [5.41, 5.74) is 2.93. The van der Waals surface area contributed by atoms with Gasteiger partial charge in [-0.3, -0.25) is 4.79 Å². The molecule has 23 heavy (non-hydrogen) atoms. The van der Waals surface area contributed by atoms with Crippen LogP contribution in [0.2, 0.25) is 0 Å². The third-order valence-corrected chi connectivity index (χ3v) is 4.82. The Bertz CT molecular complexity index is 646. The van der Waals surface area contributed by atoms with E-state index in [4.69, 9.17) is 10.2 Å². The van der Waals surface area contributed by atoms with E-state index in [0.29, 0.717) is 10.6 Å². The zero-order valence-corrected chi connectivity index (χ0v) is 14.3. The van der Waals surface area contributed by atoms with Gasteiger partial charge in [-0.2, -0.15) is 0 Å². The smallest absolute Gasteiger partial charge is 0.266 e. The summed E-state index contributed by atoms with van der Waals surface area (Å²) in [5, 5.41) is 19.0. The Morgan fingerprint density at radius 2 is 1.78 bits per heavy atom. The zero-order chi connectivity index (χ0) is 16.8. The maximum absolute atomic E-state index is 12.6. The average molecular weight is 334 g/mol. The first kappa shape index (κ1) is 17.6. The van der Waals surface area contributed by atoms with Crippen LogP contribution in [0.25, 0.3) is 10.6 Å². The van der Waals surface area contributed by atoms with E-state index in [1.54, 1.807) is 0 Å². The number of hydrogen-bond acceptors (Lipinski definition) is 5. The molecule has 2 rings (SSSR count). The fourth-order valence-electron chi connectivity index (χ4n) is 2.30. The predicted octanol–water partition coefficient (Wildman–Crippen LogP) is 2.11. The van der Waals surface area contributed by atoms with Crippen LogP contribution in [0.15, 0.2) is 24.3 Å². The second-order valence-electron chi connectivity index (χ2n) is 5.22. The molecule has 0 aliphatic rings. The summed E-state index contributed by atoms with van der Waals surface area (Å²) in [6, 6.07) is 8.17. The highest BCUT2D eigenvalue weighted by Crippen LogP contribution is 2.29. The molecule has 0 fully saturated rings. The lowest BCUT2D eigenvalue weighted by Crippen LogP contribution is -2.35. The van der Waals surface area contributed by atoms with Crippen LogP contribution in [0, 0.1) is 6.92 Å². The van der Waals surface area contributed by atoms with E-state index < -0.39 is 0 Å². The number of benzene rings is 1. The van der Waals surface area contributed by atoms with E-state index >= 15 is 0 Å². The van der Waals surface area contributed by atoms with E-state index in [1.165, 1.54) is 21.8 Å². The van der Waals surface area contributed by atoms with Crippen LogP contribution in [-0.2, 0) is 6.42 Å². The molecule has 1 amide bonds. The minimum Gasteiger partial charge on any atom is -0.395 e. The molecule has 1 aromatic heterocycles. The Kier molecular flexibility index (Phi) is 6.27. The minimum absolute atomic E-state index is 0.130. The number of carbonyl (C=O) groups excluding carboxylic acids is 1. The third-order valence-electron chi connectivity index (χ3n) is 3.63. The Balaban J connectivity index is 2.27. The van der Waals surface area contributed by atoms with Gasteiger partial charge in [-0.05, 0) is 18.9 Å². The molecular weight excluding hydrogens is 312 g/mol. The van der Waals surface area contributed by atoms with Crippen molar-refractivity contribution in [2.24, 2.45) is 0 Å². The molecule has 1 aromatic carbocycles. The standard InChI is InChI=1S/C17H22N2O3S/c1-3-13-4-6-14(7-5-13)16-18-12(2)15(23-16)17(22)19(8-10-20)9-11-21/h4-7,20-21H,3,8-11H2,1-2H3. The molecule has 124 valence electrons. The molecule has 0 atom stereocenters. The lowest BCUT2D eigenvalue weighted by molar-refractivity contribution is 0.0688. The largest absolute Gasteiger partial charge is 0.395 e. The summed E-state index contributed by atoms with van der Waals surface area (Å²) < 4.78 is 0. The maximum atomic E-state index is 12.6. The van der Waals surface area contributed by atoms with Gasteiger partial charge >= 0.3 is 0 Å². The molecule has 0 saturated carbocycles. The fraction of sp³-hybridized carbons (Fsp3) is 0.412. The van der Waals surface area contributed by atoms with Crippen LogP contribution in [0.3, 0.4) is 0 Å². The monoisotopic (exact) mass is 334 g/mol. The summed E-state index contributed by atoms with van der Waals surface area (Å²) in [6.45, 7) is 4.07. The molecule has 1 heterocycles. The fourth-order valence-corrected chi connectivity index (χ4v) is 3.34. The highest BCUT2D eigenvalue weighted by atomic mass is 32.1. The van der Waals surface area contributed by atoms with E-state index in [2.05, 4.69) is 24.0 Å². The molecule has 0 aliphatic carbocycles. The van der Waals surface area contributed by atoms with Crippen molar-refractivity contribution in [1.82, 2.24) is 9.88 Å². The van der Waals surface area contributed by atoms with Gasteiger partial charge in [0.25, 0.3) is 5.91 Å². The Morgan fingerprint density at radius 3 is 2.30 bits per heavy atom. The Hall–Kier alpha value is -1.76. The number of aliphatic hydroxyl groups excluding tert-OH is 2. The van der Waals surface area contributed by atoms with E-state index in [-0.39, 0.29) is 32.2 Å². The summed E-state index contributed by atoms with van der Waals surface area (Å²) in [7, 11) is 0. The van der Waals surface area contributed by atoms with Crippen molar-refractivity contribution in [2.75, 3.05) is 26.3 Å². The lowest BCUT2D eigenvalue weighted by Gasteiger charge is -2.19. The molecular formula is C17H22N2O3S. The highest BCUT2D eigenvalue weighted by Gasteiger charge is 2.21. The number of carbonyl (C=O) groups is 1. The molecule has 6 heteroatoms. The van der Waals surface area contributed by atoms with Gasteiger partial charge in [0.1, 0.15) is 9.88 Å². The first-order chi connectivity index (χ1) is 11.1. The van der Waals surface area contributed by atoms with E-state index in [1.807, 2.05) is 19.1 Å². The van der Waals surface area contributed by atoms with Gasteiger partial charge in [-0.25, -0.2) is 4.98 Å². The number of aromatic nitrogens is 1. The zero-order valence-electron chi connectivity index (χ0n) is 13.5. The third kappa shape index (κ3) is 4.16. The maximum Gasteiger partial charge on any atom is 0.266 e. The van der Waals surface area contributed by atoms with Crippen LogP contribution in [0.1, 0.15) is 27.9 Å². The molecule has 0 bridgehead atoms. The number of nitrogens with zero attached hydrogens (tertiary/aromatic N) is 2. The van der Waals surface area contributed by atoms with Crippen molar-refractivity contribution < 1.29 is 15.0 Å². The molecule has 2 N–H and O–H groups in total. The number of hydrogen-bond donors (Lipinski definition) is 2. The topological polar surface area (TPSA) is 73.7 Å². The molecule has 2 aromatic rings. The molecule has 5 nitrogen and oxygen atoms in total. The second kappa shape index (κ2) is 8.19. The van der Waals surface area contributed by atoms with Gasteiger partial charge in [0.2, 0.25) is 0 Å². The summed E-state index contributed by atoms with van der Waals surface area (Å²) in [5.74, 6) is -0.195. The van der Waals surface area contributed by atoms with Gasteiger partial charge in [-0.15, -0.1) is 11.3 Å². The number of thiazole rings is 1. The van der Waals surface area contributed by atoms with Crippen LogP contribution in [0.4, 0.5) is 0 Å². The van der Waals surface area contributed by atoms with Crippen molar-refractivity contribution in [2.45, 2.75) is 20.3 Å². The predicted molar refractivity (Wildman–Crippen MR) is 91.7 cm³/mol. The molecule has 0 saturated heterocycles. The van der Waals surface area contributed by atoms with Crippen LogP contribution in [0.5, 0.6) is 0 Å². The van der Waals surface area contributed by atoms with Crippen molar-refractivity contribution in [3.05, 3.63) is 40.4 Å². The van der Waals surface area contributed by atoms with Gasteiger partial charge in [-0.1, -0.05) is 31.2 Å². The number of aryl methyl sites for hydroxylation is 2. The molecule has 0 spiro atoms. The highest BCUT2D eigenvalue weighted by molar-refractivity contribution is 7.17.